The lowest BCUT2D eigenvalue weighted by Gasteiger charge is -2.22. The summed E-state index contributed by atoms with van der Waals surface area (Å²) in [5.41, 5.74) is 5.59. The maximum atomic E-state index is 11.5. The minimum absolute atomic E-state index is 0.00377. The lowest BCUT2D eigenvalue weighted by atomic mass is 9.95. The lowest BCUT2D eigenvalue weighted by molar-refractivity contribution is -0.122. The van der Waals surface area contributed by atoms with Gasteiger partial charge in [0.2, 0.25) is 5.91 Å². The summed E-state index contributed by atoms with van der Waals surface area (Å²) in [6.45, 7) is 4.39. The van der Waals surface area contributed by atoms with Gasteiger partial charge in [-0.3, -0.25) is 4.79 Å². The van der Waals surface area contributed by atoms with Crippen molar-refractivity contribution in [1.82, 2.24) is 5.32 Å². The minimum atomic E-state index is -0.251. The number of carbonyl (C=O) groups excluding carboxylic acids is 1. The first kappa shape index (κ1) is 12.5. The molecule has 0 saturated heterocycles. The van der Waals surface area contributed by atoms with Gasteiger partial charge in [-0.1, -0.05) is 13.8 Å². The van der Waals surface area contributed by atoms with Crippen molar-refractivity contribution in [3.05, 3.63) is 0 Å². The van der Waals surface area contributed by atoms with Crippen molar-refractivity contribution in [1.29, 1.82) is 0 Å². The molecule has 0 aromatic carbocycles. The van der Waals surface area contributed by atoms with Gasteiger partial charge in [0.1, 0.15) is 0 Å². The van der Waals surface area contributed by atoms with Crippen molar-refractivity contribution in [3.63, 3.8) is 0 Å². The highest BCUT2D eigenvalue weighted by Crippen LogP contribution is 2.32. The molecule has 0 aromatic heterocycles. The number of nitrogens with two attached hydrogens (primary N) is 1. The Balaban J connectivity index is 2.17. The zero-order valence-electron chi connectivity index (χ0n) is 9.62. The highest BCUT2D eigenvalue weighted by Gasteiger charge is 2.30. The van der Waals surface area contributed by atoms with Gasteiger partial charge in [-0.2, -0.15) is 0 Å². The van der Waals surface area contributed by atoms with Crippen molar-refractivity contribution in [2.45, 2.75) is 39.2 Å². The summed E-state index contributed by atoms with van der Waals surface area (Å²) >= 11 is 0. The van der Waals surface area contributed by atoms with Crippen LogP contribution in [0.3, 0.4) is 0 Å². The van der Waals surface area contributed by atoms with E-state index >= 15 is 0 Å². The first-order valence-corrected chi connectivity index (χ1v) is 5.58. The molecule has 4 nitrogen and oxygen atoms in total. The van der Waals surface area contributed by atoms with Crippen molar-refractivity contribution in [2.24, 2.45) is 17.1 Å². The van der Waals surface area contributed by atoms with Crippen LogP contribution in [0.4, 0.5) is 0 Å². The van der Waals surface area contributed by atoms with Gasteiger partial charge < -0.3 is 16.2 Å². The van der Waals surface area contributed by atoms with Gasteiger partial charge in [0.25, 0.3) is 0 Å². The number of hydrogen-bond donors (Lipinski definition) is 3. The number of rotatable bonds is 6. The second kappa shape index (κ2) is 4.94. The molecule has 1 amide bonds. The average molecular weight is 214 g/mol. The van der Waals surface area contributed by atoms with Crippen molar-refractivity contribution >= 4 is 5.91 Å². The molecule has 4 N–H and O–H groups in total. The maximum Gasteiger partial charge on any atom is 0.221 e. The van der Waals surface area contributed by atoms with Crippen LogP contribution in [0.5, 0.6) is 0 Å². The Labute approximate surface area is 91.2 Å². The quantitative estimate of drug-likeness (QED) is 0.593. The Bertz CT molecular complexity index is 225. The second-order valence-electron chi connectivity index (χ2n) is 5.30. The third-order valence-corrected chi connectivity index (χ3v) is 2.84. The van der Waals surface area contributed by atoms with Gasteiger partial charge in [-0.15, -0.1) is 0 Å². The molecule has 1 aliphatic carbocycles. The number of amides is 1. The molecule has 0 radical (unpaired) electrons. The molecular formula is C11H22N2O2. The first-order valence-electron chi connectivity index (χ1n) is 5.58. The van der Waals surface area contributed by atoms with Crippen LogP contribution in [0, 0.1) is 11.3 Å². The van der Waals surface area contributed by atoms with E-state index < -0.39 is 0 Å². The molecule has 0 aliphatic heterocycles. The SMILES string of the molecule is CC(C)(CO)CNC(=O)CC(N)C1CC1. The number of carbonyl (C=O) groups is 1. The highest BCUT2D eigenvalue weighted by molar-refractivity contribution is 5.76. The number of aliphatic hydroxyl groups is 1. The van der Waals surface area contributed by atoms with Crippen LogP contribution in [0.2, 0.25) is 0 Å². The normalized spacial score (nSPS) is 18.7. The zero-order chi connectivity index (χ0) is 11.5. The Morgan fingerprint density at radius 3 is 2.67 bits per heavy atom. The average Bonchev–Trinajstić information content (AvgIpc) is 2.98. The molecule has 1 aliphatic rings. The van der Waals surface area contributed by atoms with Crippen LogP contribution < -0.4 is 11.1 Å². The van der Waals surface area contributed by atoms with Crippen molar-refractivity contribution < 1.29 is 9.90 Å². The largest absolute Gasteiger partial charge is 0.396 e. The van der Waals surface area contributed by atoms with Crippen LogP contribution in [-0.4, -0.2) is 30.2 Å². The van der Waals surface area contributed by atoms with E-state index in [1.54, 1.807) is 0 Å². The molecule has 1 fully saturated rings. The molecule has 1 atom stereocenters. The third-order valence-electron chi connectivity index (χ3n) is 2.84. The number of aliphatic hydroxyl groups excluding tert-OH is 1. The van der Waals surface area contributed by atoms with E-state index in [1.165, 1.54) is 0 Å². The van der Waals surface area contributed by atoms with Crippen molar-refractivity contribution in [2.75, 3.05) is 13.2 Å². The van der Waals surface area contributed by atoms with Crippen molar-refractivity contribution in [3.8, 4) is 0 Å². The molecule has 0 heterocycles. The first-order chi connectivity index (χ1) is 6.94. The predicted molar refractivity (Wildman–Crippen MR) is 59.2 cm³/mol. The van der Waals surface area contributed by atoms with Crippen LogP contribution in [0.1, 0.15) is 33.1 Å². The summed E-state index contributed by atoms with van der Waals surface area (Å²) < 4.78 is 0. The van der Waals surface area contributed by atoms with E-state index in [1.807, 2.05) is 13.8 Å². The van der Waals surface area contributed by atoms with Gasteiger partial charge >= 0.3 is 0 Å². The van der Waals surface area contributed by atoms with E-state index in [9.17, 15) is 4.79 Å². The molecule has 15 heavy (non-hydrogen) atoms. The van der Waals surface area contributed by atoms with Gasteiger partial charge in [-0.25, -0.2) is 0 Å². The molecule has 1 unspecified atom stereocenters. The van der Waals surface area contributed by atoms with Gasteiger partial charge in [-0.05, 0) is 18.8 Å². The molecule has 4 heteroatoms. The Hall–Kier alpha value is -0.610. The van der Waals surface area contributed by atoms with Crippen LogP contribution in [0.25, 0.3) is 0 Å². The monoisotopic (exact) mass is 214 g/mol. The Kier molecular flexibility index (Phi) is 4.11. The summed E-state index contributed by atoms with van der Waals surface area (Å²) in [5.74, 6) is 0.553. The number of nitrogens with one attached hydrogen (secondary N) is 1. The predicted octanol–water partition coefficient (Wildman–Crippen LogP) is 0.248. The molecule has 0 spiro atoms. The Morgan fingerprint density at radius 1 is 1.60 bits per heavy atom. The van der Waals surface area contributed by atoms with E-state index in [0.717, 1.165) is 12.8 Å². The standard InChI is InChI=1S/C11H22N2O2/c1-11(2,7-14)6-13-10(15)5-9(12)8-3-4-8/h8-9,14H,3-7,12H2,1-2H3,(H,13,15). The summed E-state index contributed by atoms with van der Waals surface area (Å²) in [6, 6.07) is 0.0160. The molecule has 1 rings (SSSR count). The van der Waals surface area contributed by atoms with Gasteiger partial charge in [0.15, 0.2) is 0 Å². The van der Waals surface area contributed by atoms with Crippen LogP contribution in [0.15, 0.2) is 0 Å². The van der Waals surface area contributed by atoms with Gasteiger partial charge in [0.05, 0.1) is 0 Å². The summed E-state index contributed by atoms with van der Waals surface area (Å²) in [7, 11) is 0. The fourth-order valence-corrected chi connectivity index (χ4v) is 1.37. The van der Waals surface area contributed by atoms with E-state index in [0.29, 0.717) is 18.9 Å². The van der Waals surface area contributed by atoms with Crippen LogP contribution >= 0.6 is 0 Å². The molecule has 0 bridgehead atoms. The second-order valence-corrected chi connectivity index (χ2v) is 5.30. The van der Waals surface area contributed by atoms with Gasteiger partial charge in [0, 0.05) is 31.0 Å². The summed E-state index contributed by atoms with van der Waals surface area (Å²) in [6.07, 6.45) is 2.74. The van der Waals surface area contributed by atoms with E-state index in [-0.39, 0.29) is 24.0 Å². The maximum absolute atomic E-state index is 11.5. The third kappa shape index (κ3) is 4.62. The lowest BCUT2D eigenvalue weighted by Crippen LogP contribution is -2.39. The Morgan fingerprint density at radius 2 is 2.20 bits per heavy atom. The van der Waals surface area contributed by atoms with Crippen LogP contribution in [-0.2, 0) is 4.79 Å². The van der Waals surface area contributed by atoms with E-state index in [4.69, 9.17) is 10.8 Å². The zero-order valence-corrected chi connectivity index (χ0v) is 9.62. The molecular weight excluding hydrogens is 192 g/mol. The minimum Gasteiger partial charge on any atom is -0.396 e. The fourth-order valence-electron chi connectivity index (χ4n) is 1.37. The van der Waals surface area contributed by atoms with E-state index in [2.05, 4.69) is 5.32 Å². The number of hydrogen-bond acceptors (Lipinski definition) is 3. The fraction of sp³-hybridized carbons (Fsp3) is 0.909. The summed E-state index contributed by atoms with van der Waals surface area (Å²) in [5, 5.41) is 11.8. The molecule has 88 valence electrons. The highest BCUT2D eigenvalue weighted by atomic mass is 16.3. The smallest absolute Gasteiger partial charge is 0.221 e. The molecule has 1 saturated carbocycles. The summed E-state index contributed by atoms with van der Waals surface area (Å²) in [4.78, 5) is 11.5. The topological polar surface area (TPSA) is 75.3 Å². The molecule has 0 aromatic rings.